The fourth-order valence-electron chi connectivity index (χ4n) is 4.87. The maximum Gasteiger partial charge on any atom is 0.408 e. The largest absolute Gasteiger partial charge is 0.467 e. The van der Waals surface area contributed by atoms with Crippen molar-refractivity contribution in [3.05, 3.63) is 24.3 Å². The normalized spacial score (nSPS) is 28.3. The van der Waals surface area contributed by atoms with Crippen LogP contribution in [0.4, 0.5) is 4.79 Å². The first-order valence-corrected chi connectivity index (χ1v) is 12.4. The second kappa shape index (κ2) is 12.6. The van der Waals surface area contributed by atoms with Crippen molar-refractivity contribution in [2.45, 2.75) is 94.9 Å². The van der Waals surface area contributed by atoms with E-state index >= 15 is 0 Å². The third kappa shape index (κ3) is 6.84. The van der Waals surface area contributed by atoms with Gasteiger partial charge < -0.3 is 25.0 Å². The number of esters is 1. The SMILES string of the molecule is C=C1/C=C\CCCCC[C@H](NC(=O)OC2CCCC2)C(=O)N2CCCC2C(=O)NC1C(=O)OC. The number of hydrogen-bond acceptors (Lipinski definition) is 6. The molecule has 0 radical (unpaired) electrons. The van der Waals surface area contributed by atoms with Gasteiger partial charge in [0.15, 0.2) is 6.04 Å². The zero-order valence-corrected chi connectivity index (χ0v) is 20.1. The number of fused-ring (bicyclic) bond motifs is 1. The fourth-order valence-corrected chi connectivity index (χ4v) is 4.87. The molecule has 3 atom stereocenters. The van der Waals surface area contributed by atoms with Crippen LogP contribution in [-0.2, 0) is 23.9 Å². The summed E-state index contributed by atoms with van der Waals surface area (Å²) in [5.41, 5.74) is 0.431. The summed E-state index contributed by atoms with van der Waals surface area (Å²) in [6.45, 7) is 4.34. The molecule has 3 amide bonds. The van der Waals surface area contributed by atoms with Gasteiger partial charge in [0, 0.05) is 6.54 Å². The van der Waals surface area contributed by atoms with E-state index in [1.165, 1.54) is 12.0 Å². The van der Waals surface area contributed by atoms with Gasteiger partial charge in [0.05, 0.1) is 7.11 Å². The van der Waals surface area contributed by atoms with Gasteiger partial charge >= 0.3 is 12.1 Å². The van der Waals surface area contributed by atoms with E-state index in [0.717, 1.165) is 51.4 Å². The molecule has 34 heavy (non-hydrogen) atoms. The lowest BCUT2D eigenvalue weighted by atomic mass is 10.0. The Morgan fingerprint density at radius 1 is 1.06 bits per heavy atom. The monoisotopic (exact) mass is 475 g/mol. The lowest BCUT2D eigenvalue weighted by Gasteiger charge is -2.29. The third-order valence-corrected chi connectivity index (χ3v) is 6.79. The molecule has 188 valence electrons. The summed E-state index contributed by atoms with van der Waals surface area (Å²) in [6.07, 6.45) is 11.7. The molecule has 1 aliphatic carbocycles. The summed E-state index contributed by atoms with van der Waals surface area (Å²) in [4.78, 5) is 53.0. The van der Waals surface area contributed by atoms with Crippen LogP contribution in [0.1, 0.15) is 70.6 Å². The molecule has 2 fully saturated rings. The molecule has 0 aromatic carbocycles. The summed E-state index contributed by atoms with van der Waals surface area (Å²) in [7, 11) is 1.26. The Hall–Kier alpha value is -2.84. The van der Waals surface area contributed by atoms with Crippen molar-refractivity contribution in [1.82, 2.24) is 15.5 Å². The molecular weight excluding hydrogens is 438 g/mol. The minimum atomic E-state index is -1.02. The highest BCUT2D eigenvalue weighted by Crippen LogP contribution is 2.23. The van der Waals surface area contributed by atoms with Gasteiger partial charge in [-0.3, -0.25) is 9.59 Å². The van der Waals surface area contributed by atoms with Gasteiger partial charge in [-0.05, 0) is 63.4 Å². The van der Waals surface area contributed by atoms with Gasteiger partial charge in [0.25, 0.3) is 0 Å². The highest BCUT2D eigenvalue weighted by Gasteiger charge is 2.39. The molecule has 9 nitrogen and oxygen atoms in total. The van der Waals surface area contributed by atoms with Gasteiger partial charge in [-0.1, -0.05) is 31.6 Å². The quantitative estimate of drug-likeness (QED) is 0.607. The van der Waals surface area contributed by atoms with Crippen LogP contribution in [0.2, 0.25) is 0 Å². The second-order valence-electron chi connectivity index (χ2n) is 9.28. The van der Waals surface area contributed by atoms with Gasteiger partial charge in [-0.25, -0.2) is 9.59 Å². The Morgan fingerprint density at radius 3 is 2.53 bits per heavy atom. The lowest BCUT2D eigenvalue weighted by molar-refractivity contribution is -0.145. The smallest absolute Gasteiger partial charge is 0.408 e. The van der Waals surface area contributed by atoms with Gasteiger partial charge in [-0.15, -0.1) is 0 Å². The molecule has 2 N–H and O–H groups in total. The van der Waals surface area contributed by atoms with Crippen molar-refractivity contribution in [3.63, 3.8) is 0 Å². The summed E-state index contributed by atoms with van der Waals surface area (Å²) in [5.74, 6) is -1.34. The minimum absolute atomic E-state index is 0.0992. The van der Waals surface area contributed by atoms with E-state index in [1.807, 2.05) is 6.08 Å². The van der Waals surface area contributed by atoms with Crippen LogP contribution in [0.3, 0.4) is 0 Å². The number of amides is 3. The van der Waals surface area contributed by atoms with E-state index in [2.05, 4.69) is 17.2 Å². The van der Waals surface area contributed by atoms with Crippen molar-refractivity contribution >= 4 is 23.9 Å². The number of carbonyl (C=O) groups excluding carboxylic acids is 4. The molecule has 3 rings (SSSR count). The maximum atomic E-state index is 13.5. The lowest BCUT2D eigenvalue weighted by Crippen LogP contribution is -2.55. The molecular formula is C25H37N3O6. The minimum Gasteiger partial charge on any atom is -0.467 e. The van der Waals surface area contributed by atoms with Crippen LogP contribution < -0.4 is 10.6 Å². The summed E-state index contributed by atoms with van der Waals surface area (Å²) < 4.78 is 10.4. The highest BCUT2D eigenvalue weighted by atomic mass is 16.6. The van der Waals surface area contributed by atoms with Crippen LogP contribution >= 0.6 is 0 Å². The molecule has 1 saturated carbocycles. The van der Waals surface area contributed by atoms with Crippen LogP contribution in [-0.4, -0.2) is 66.7 Å². The molecule has 0 aromatic rings. The number of rotatable bonds is 3. The van der Waals surface area contributed by atoms with E-state index in [-0.39, 0.29) is 12.0 Å². The predicted octanol–water partition coefficient (Wildman–Crippen LogP) is 2.75. The average molecular weight is 476 g/mol. The number of hydrogen-bond donors (Lipinski definition) is 2. The standard InChI is InChI=1S/C25H37N3O6/c1-17-11-6-4-3-5-7-14-19(26-25(32)34-18-12-8-9-13-18)23(30)28-16-10-15-20(28)22(29)27-21(17)24(31)33-2/h6,11,18-21H,1,3-5,7-10,12-16H2,2H3,(H,26,32)(H,27,29)/b11-6-/t19-,20?,21?/m0/s1. The van der Waals surface area contributed by atoms with Gasteiger partial charge in [-0.2, -0.15) is 0 Å². The van der Waals surface area contributed by atoms with E-state index in [0.29, 0.717) is 31.4 Å². The first-order chi connectivity index (χ1) is 16.4. The van der Waals surface area contributed by atoms with Gasteiger partial charge in [0.1, 0.15) is 18.2 Å². The summed E-state index contributed by atoms with van der Waals surface area (Å²) >= 11 is 0. The predicted molar refractivity (Wildman–Crippen MR) is 126 cm³/mol. The summed E-state index contributed by atoms with van der Waals surface area (Å²) in [6, 6.07) is -2.50. The zero-order valence-electron chi connectivity index (χ0n) is 20.1. The van der Waals surface area contributed by atoms with E-state index in [1.54, 1.807) is 6.08 Å². The van der Waals surface area contributed by atoms with Crippen molar-refractivity contribution in [1.29, 1.82) is 0 Å². The number of nitrogens with one attached hydrogen (secondary N) is 2. The van der Waals surface area contributed by atoms with Crippen molar-refractivity contribution < 1.29 is 28.7 Å². The first-order valence-electron chi connectivity index (χ1n) is 12.4. The fraction of sp³-hybridized carbons (Fsp3) is 0.680. The number of allylic oxidation sites excluding steroid dienone is 1. The average Bonchev–Trinajstić information content (AvgIpc) is 3.51. The zero-order chi connectivity index (χ0) is 24.5. The van der Waals surface area contributed by atoms with Crippen LogP contribution in [0.25, 0.3) is 0 Å². The van der Waals surface area contributed by atoms with E-state index in [4.69, 9.17) is 9.47 Å². The Morgan fingerprint density at radius 2 is 1.79 bits per heavy atom. The second-order valence-corrected chi connectivity index (χ2v) is 9.28. The van der Waals surface area contributed by atoms with E-state index in [9.17, 15) is 19.2 Å². The Bertz CT molecular complexity index is 804. The molecule has 0 bridgehead atoms. The summed E-state index contributed by atoms with van der Waals surface area (Å²) in [5, 5.41) is 5.48. The molecule has 3 aliphatic rings. The first kappa shape index (κ1) is 25.8. The number of ether oxygens (including phenoxy) is 2. The molecule has 2 aliphatic heterocycles. The molecule has 2 unspecified atom stereocenters. The topological polar surface area (TPSA) is 114 Å². The van der Waals surface area contributed by atoms with Crippen molar-refractivity contribution in [2.24, 2.45) is 0 Å². The highest BCUT2D eigenvalue weighted by molar-refractivity contribution is 5.94. The number of alkyl carbamates (subject to hydrolysis) is 1. The Kier molecular flexibility index (Phi) is 9.53. The molecule has 9 heteroatoms. The van der Waals surface area contributed by atoms with Gasteiger partial charge in [0.2, 0.25) is 11.8 Å². The molecule has 2 heterocycles. The van der Waals surface area contributed by atoms with Crippen molar-refractivity contribution in [3.8, 4) is 0 Å². The molecule has 0 aromatic heterocycles. The number of methoxy groups -OCH3 is 1. The molecule has 0 spiro atoms. The van der Waals surface area contributed by atoms with Crippen molar-refractivity contribution in [2.75, 3.05) is 13.7 Å². The number of nitrogens with zero attached hydrogens (tertiary/aromatic N) is 1. The number of carbonyl (C=O) groups is 4. The van der Waals surface area contributed by atoms with Crippen LogP contribution in [0.15, 0.2) is 24.3 Å². The maximum absolute atomic E-state index is 13.5. The van der Waals surface area contributed by atoms with Crippen LogP contribution in [0, 0.1) is 0 Å². The third-order valence-electron chi connectivity index (χ3n) is 6.79. The Labute approximate surface area is 201 Å². The van der Waals surface area contributed by atoms with Crippen LogP contribution in [0.5, 0.6) is 0 Å². The Balaban J connectivity index is 1.76. The molecule has 1 saturated heterocycles. The van der Waals surface area contributed by atoms with E-state index < -0.39 is 36.1 Å².